The first-order valence-corrected chi connectivity index (χ1v) is 10.1. The first kappa shape index (κ1) is 17.6. The minimum absolute atomic E-state index is 0.117. The SMILES string of the molecule is Fc1cc(Br)cc(CC(CBr)(CBr)c2ccc(Br)cc2)c1. The zero-order valence-electron chi connectivity index (χ0n) is 11.1. The van der Waals surface area contributed by atoms with Crippen molar-refractivity contribution >= 4 is 63.7 Å². The topological polar surface area (TPSA) is 0 Å². The molecule has 0 unspecified atom stereocenters. The van der Waals surface area contributed by atoms with Crippen LogP contribution in [0, 0.1) is 5.82 Å². The second-order valence-corrected chi connectivity index (χ2v) is 7.96. The molecule has 0 aliphatic carbocycles. The van der Waals surface area contributed by atoms with Gasteiger partial charge in [0.15, 0.2) is 0 Å². The predicted molar refractivity (Wildman–Crippen MR) is 101 cm³/mol. The van der Waals surface area contributed by atoms with Gasteiger partial charge in [-0.25, -0.2) is 4.39 Å². The summed E-state index contributed by atoms with van der Waals surface area (Å²) in [4.78, 5) is 0. The van der Waals surface area contributed by atoms with Gasteiger partial charge in [0, 0.05) is 25.0 Å². The maximum Gasteiger partial charge on any atom is 0.124 e. The van der Waals surface area contributed by atoms with Crippen LogP contribution in [0.2, 0.25) is 0 Å². The van der Waals surface area contributed by atoms with E-state index >= 15 is 0 Å². The van der Waals surface area contributed by atoms with Crippen LogP contribution in [0.25, 0.3) is 0 Å². The van der Waals surface area contributed by atoms with Gasteiger partial charge in [-0.2, -0.15) is 0 Å². The summed E-state index contributed by atoms with van der Waals surface area (Å²) in [5, 5.41) is 1.59. The van der Waals surface area contributed by atoms with Gasteiger partial charge in [-0.05, 0) is 47.9 Å². The molecule has 5 heteroatoms. The smallest absolute Gasteiger partial charge is 0.124 e. The van der Waals surface area contributed by atoms with E-state index in [0.29, 0.717) is 0 Å². The molecule has 2 aromatic carbocycles. The summed E-state index contributed by atoms with van der Waals surface area (Å²) >= 11 is 14.1. The molecule has 0 aliphatic rings. The number of benzene rings is 2. The Morgan fingerprint density at radius 1 is 0.857 bits per heavy atom. The molecule has 0 nitrogen and oxygen atoms in total. The molecule has 0 radical (unpaired) electrons. The van der Waals surface area contributed by atoms with Crippen LogP contribution < -0.4 is 0 Å². The first-order valence-electron chi connectivity index (χ1n) is 6.32. The van der Waals surface area contributed by atoms with Gasteiger partial charge in [-0.15, -0.1) is 0 Å². The van der Waals surface area contributed by atoms with Crippen molar-refractivity contribution in [2.75, 3.05) is 10.7 Å². The van der Waals surface area contributed by atoms with E-state index in [9.17, 15) is 4.39 Å². The minimum Gasteiger partial charge on any atom is -0.207 e. The lowest BCUT2D eigenvalue weighted by Gasteiger charge is -2.31. The predicted octanol–water partition coefficient (Wildman–Crippen LogP) is 6.62. The Morgan fingerprint density at radius 2 is 1.48 bits per heavy atom. The monoisotopic (exact) mass is 540 g/mol. The summed E-state index contributed by atoms with van der Waals surface area (Å²) in [6.07, 6.45) is 0.751. The molecule has 0 fully saturated rings. The Morgan fingerprint density at radius 3 is 2.00 bits per heavy atom. The average molecular weight is 544 g/mol. The largest absolute Gasteiger partial charge is 0.207 e. The zero-order chi connectivity index (χ0) is 15.5. The molecular formula is C16H13Br4F. The lowest BCUT2D eigenvalue weighted by molar-refractivity contribution is 0.546. The van der Waals surface area contributed by atoms with E-state index in [0.717, 1.165) is 31.6 Å². The van der Waals surface area contributed by atoms with Gasteiger partial charge in [0.2, 0.25) is 0 Å². The Hall–Kier alpha value is 0.290. The molecule has 0 spiro atoms. The van der Waals surface area contributed by atoms with E-state index < -0.39 is 0 Å². The van der Waals surface area contributed by atoms with Crippen LogP contribution in [0.1, 0.15) is 11.1 Å². The van der Waals surface area contributed by atoms with Crippen LogP contribution in [0.5, 0.6) is 0 Å². The molecule has 0 N–H and O–H groups in total. The molecule has 0 bridgehead atoms. The second kappa shape index (κ2) is 7.71. The van der Waals surface area contributed by atoms with Crippen LogP contribution >= 0.6 is 63.7 Å². The molecule has 0 saturated carbocycles. The summed E-state index contributed by atoms with van der Waals surface area (Å²) < 4.78 is 15.4. The normalized spacial score (nSPS) is 11.7. The molecule has 0 aromatic heterocycles. The highest BCUT2D eigenvalue weighted by Crippen LogP contribution is 2.34. The number of alkyl halides is 2. The van der Waals surface area contributed by atoms with E-state index in [-0.39, 0.29) is 11.2 Å². The summed E-state index contributed by atoms with van der Waals surface area (Å²) in [6.45, 7) is 0. The van der Waals surface area contributed by atoms with Crippen LogP contribution in [0.15, 0.2) is 51.4 Å². The molecule has 2 aromatic rings. The molecule has 0 aliphatic heterocycles. The number of hydrogen-bond donors (Lipinski definition) is 0. The fourth-order valence-electron chi connectivity index (χ4n) is 2.29. The molecule has 21 heavy (non-hydrogen) atoms. The third-order valence-corrected chi connectivity index (χ3v) is 6.57. The molecule has 0 saturated heterocycles. The molecule has 0 heterocycles. The van der Waals surface area contributed by atoms with Crippen LogP contribution in [0.3, 0.4) is 0 Å². The fourth-order valence-corrected chi connectivity index (χ4v) is 5.04. The maximum absolute atomic E-state index is 13.6. The average Bonchev–Trinajstić information content (AvgIpc) is 2.45. The van der Waals surface area contributed by atoms with Gasteiger partial charge in [0.05, 0.1) is 0 Å². The van der Waals surface area contributed by atoms with Crippen molar-refractivity contribution in [3.8, 4) is 0 Å². The number of hydrogen-bond acceptors (Lipinski definition) is 0. The third kappa shape index (κ3) is 4.40. The van der Waals surface area contributed by atoms with Crippen LogP contribution in [-0.4, -0.2) is 10.7 Å². The molecule has 0 amide bonds. The maximum atomic E-state index is 13.6. The highest BCUT2D eigenvalue weighted by molar-refractivity contribution is 9.11. The Bertz CT molecular complexity index is 586. The van der Waals surface area contributed by atoms with E-state index in [1.807, 2.05) is 18.2 Å². The summed E-state index contributed by atoms with van der Waals surface area (Å²) in [5.74, 6) is -0.215. The molecule has 112 valence electrons. The summed E-state index contributed by atoms with van der Waals surface area (Å²) in [5.41, 5.74) is 2.08. The summed E-state index contributed by atoms with van der Waals surface area (Å²) in [7, 11) is 0. The number of rotatable bonds is 5. The Balaban J connectivity index is 2.40. The van der Waals surface area contributed by atoms with Crippen molar-refractivity contribution in [2.24, 2.45) is 0 Å². The van der Waals surface area contributed by atoms with E-state index in [1.54, 1.807) is 6.07 Å². The quantitative estimate of drug-likeness (QED) is 0.372. The van der Waals surface area contributed by atoms with Crippen LogP contribution in [0.4, 0.5) is 4.39 Å². The standard InChI is InChI=1S/C16H13Br4F/c17-9-16(10-18,12-1-3-13(19)4-2-12)8-11-5-14(20)7-15(21)6-11/h1-7H,8-10H2. The van der Waals surface area contributed by atoms with Crippen molar-refractivity contribution < 1.29 is 4.39 Å². The fraction of sp³-hybridized carbons (Fsp3) is 0.250. The van der Waals surface area contributed by atoms with Crippen molar-refractivity contribution in [1.82, 2.24) is 0 Å². The zero-order valence-corrected chi connectivity index (χ0v) is 17.4. The molecule has 0 atom stereocenters. The molecular weight excluding hydrogens is 531 g/mol. The second-order valence-electron chi connectivity index (χ2n) is 5.01. The third-order valence-electron chi connectivity index (χ3n) is 3.43. The highest BCUT2D eigenvalue weighted by atomic mass is 79.9. The van der Waals surface area contributed by atoms with Crippen molar-refractivity contribution in [3.05, 3.63) is 68.4 Å². The number of halogens is 5. The van der Waals surface area contributed by atoms with Crippen molar-refractivity contribution in [1.29, 1.82) is 0 Å². The minimum atomic E-state index is -0.215. The van der Waals surface area contributed by atoms with E-state index in [2.05, 4.69) is 75.9 Å². The van der Waals surface area contributed by atoms with E-state index in [4.69, 9.17) is 0 Å². The van der Waals surface area contributed by atoms with Crippen molar-refractivity contribution in [2.45, 2.75) is 11.8 Å². The van der Waals surface area contributed by atoms with E-state index in [1.165, 1.54) is 11.6 Å². The van der Waals surface area contributed by atoms with Crippen molar-refractivity contribution in [3.63, 3.8) is 0 Å². The van der Waals surface area contributed by atoms with Gasteiger partial charge in [0.1, 0.15) is 5.82 Å². The van der Waals surface area contributed by atoms with Gasteiger partial charge in [0.25, 0.3) is 0 Å². The lowest BCUT2D eigenvalue weighted by Crippen LogP contribution is -2.33. The first-order chi connectivity index (χ1) is 9.99. The Kier molecular flexibility index (Phi) is 6.48. The lowest BCUT2D eigenvalue weighted by atomic mass is 9.79. The van der Waals surface area contributed by atoms with Gasteiger partial charge in [-0.1, -0.05) is 75.9 Å². The molecule has 2 rings (SSSR count). The summed E-state index contributed by atoms with van der Waals surface area (Å²) in [6, 6.07) is 13.4. The van der Waals surface area contributed by atoms with Gasteiger partial charge in [-0.3, -0.25) is 0 Å². The Labute approximate surface area is 158 Å². The van der Waals surface area contributed by atoms with Gasteiger partial charge >= 0.3 is 0 Å². The van der Waals surface area contributed by atoms with Gasteiger partial charge < -0.3 is 0 Å². The highest BCUT2D eigenvalue weighted by Gasteiger charge is 2.30. The van der Waals surface area contributed by atoms with Crippen LogP contribution in [-0.2, 0) is 11.8 Å².